The fraction of sp³-hybridized carbons (Fsp3) is 0.625. The standard InChI is InChI=1S/C24H35N5O3/c1-3-19-9-4-5-10-20(19)25-21(30)16-27-12-14-28(15-13-27)17-29-22(31)24(26-23(29)32)11-7-6-8-18(24)2/h4-5,9-10,18H,3,6-8,11-17H2,1-2H3,(H,25,30)(H,26,32)/t18-,24-/m0/s1. The third-order valence-corrected chi connectivity index (χ3v) is 7.35. The normalized spacial score (nSPS) is 27.1. The van der Waals surface area contributed by atoms with E-state index in [0.29, 0.717) is 13.2 Å². The molecule has 2 aliphatic heterocycles. The number of rotatable bonds is 6. The van der Waals surface area contributed by atoms with E-state index in [0.717, 1.165) is 69.5 Å². The highest BCUT2D eigenvalue weighted by Gasteiger charge is 2.55. The van der Waals surface area contributed by atoms with E-state index in [1.54, 1.807) is 0 Å². The number of piperazine rings is 1. The molecule has 174 valence electrons. The Kier molecular flexibility index (Phi) is 6.81. The van der Waals surface area contributed by atoms with E-state index in [4.69, 9.17) is 0 Å². The second-order valence-corrected chi connectivity index (χ2v) is 9.38. The number of benzene rings is 1. The molecule has 1 spiro atoms. The zero-order valence-corrected chi connectivity index (χ0v) is 19.2. The molecule has 32 heavy (non-hydrogen) atoms. The van der Waals surface area contributed by atoms with Crippen LogP contribution in [0.1, 0.15) is 45.1 Å². The first-order valence-corrected chi connectivity index (χ1v) is 11.9. The number of anilines is 1. The zero-order chi connectivity index (χ0) is 22.7. The third-order valence-electron chi connectivity index (χ3n) is 7.35. The maximum atomic E-state index is 13.2. The number of urea groups is 1. The summed E-state index contributed by atoms with van der Waals surface area (Å²) >= 11 is 0. The molecule has 0 bridgehead atoms. The molecule has 0 unspecified atom stereocenters. The first-order chi connectivity index (χ1) is 15.4. The highest BCUT2D eigenvalue weighted by Crippen LogP contribution is 2.38. The van der Waals surface area contributed by atoms with Crippen LogP contribution in [0.2, 0.25) is 0 Å². The number of hydrogen-bond acceptors (Lipinski definition) is 5. The van der Waals surface area contributed by atoms with Crippen molar-refractivity contribution in [1.29, 1.82) is 0 Å². The Balaban J connectivity index is 1.26. The molecule has 8 heteroatoms. The van der Waals surface area contributed by atoms with E-state index in [-0.39, 0.29) is 23.8 Å². The number of nitrogens with one attached hydrogen (secondary N) is 2. The number of carbonyl (C=O) groups excluding carboxylic acids is 3. The Morgan fingerprint density at radius 3 is 2.56 bits per heavy atom. The Bertz CT molecular complexity index is 867. The Morgan fingerprint density at radius 1 is 1.12 bits per heavy atom. The van der Waals surface area contributed by atoms with Crippen molar-refractivity contribution >= 4 is 23.5 Å². The van der Waals surface area contributed by atoms with Crippen LogP contribution in [0.5, 0.6) is 0 Å². The van der Waals surface area contributed by atoms with Crippen LogP contribution in [0.3, 0.4) is 0 Å². The number of imide groups is 1. The smallest absolute Gasteiger partial charge is 0.325 e. The molecule has 1 aromatic carbocycles. The van der Waals surface area contributed by atoms with Gasteiger partial charge < -0.3 is 10.6 Å². The summed E-state index contributed by atoms with van der Waals surface area (Å²) in [7, 11) is 0. The SMILES string of the molecule is CCc1ccccc1NC(=O)CN1CCN(CN2C(=O)N[C@]3(CCCC[C@@H]3C)C2=O)CC1. The lowest BCUT2D eigenvalue weighted by molar-refractivity contribution is -0.136. The highest BCUT2D eigenvalue weighted by atomic mass is 16.2. The molecule has 3 aliphatic rings. The summed E-state index contributed by atoms with van der Waals surface area (Å²) in [5.74, 6) is 0.0960. The van der Waals surface area contributed by atoms with Gasteiger partial charge in [0.05, 0.1) is 13.2 Å². The summed E-state index contributed by atoms with van der Waals surface area (Å²) in [5.41, 5.74) is 1.30. The van der Waals surface area contributed by atoms with Crippen molar-refractivity contribution in [2.75, 3.05) is 44.7 Å². The maximum absolute atomic E-state index is 13.2. The molecule has 0 radical (unpaired) electrons. The number of hydrogen-bond donors (Lipinski definition) is 2. The second kappa shape index (κ2) is 9.58. The summed E-state index contributed by atoms with van der Waals surface area (Å²) in [4.78, 5) is 44.0. The van der Waals surface area contributed by atoms with Crippen LogP contribution < -0.4 is 10.6 Å². The Morgan fingerprint density at radius 2 is 1.84 bits per heavy atom. The molecule has 1 aromatic rings. The van der Waals surface area contributed by atoms with Crippen LogP contribution in [0.4, 0.5) is 10.5 Å². The van der Waals surface area contributed by atoms with Gasteiger partial charge in [0.25, 0.3) is 5.91 Å². The van der Waals surface area contributed by atoms with E-state index < -0.39 is 5.54 Å². The predicted molar refractivity (Wildman–Crippen MR) is 123 cm³/mol. The average molecular weight is 442 g/mol. The van der Waals surface area contributed by atoms with Crippen LogP contribution >= 0.6 is 0 Å². The van der Waals surface area contributed by atoms with Crippen molar-refractivity contribution in [3.8, 4) is 0 Å². The first-order valence-electron chi connectivity index (χ1n) is 11.9. The topological polar surface area (TPSA) is 85.0 Å². The predicted octanol–water partition coefficient (Wildman–Crippen LogP) is 2.26. The molecule has 1 aliphatic carbocycles. The molecule has 2 atom stereocenters. The molecule has 4 amide bonds. The van der Waals surface area contributed by atoms with Crippen LogP contribution in [0.25, 0.3) is 0 Å². The van der Waals surface area contributed by atoms with E-state index in [1.165, 1.54) is 4.90 Å². The van der Waals surface area contributed by atoms with Crippen molar-refractivity contribution in [2.24, 2.45) is 5.92 Å². The van der Waals surface area contributed by atoms with Gasteiger partial charge in [-0.3, -0.25) is 19.4 Å². The van der Waals surface area contributed by atoms with Gasteiger partial charge in [-0.15, -0.1) is 0 Å². The van der Waals surface area contributed by atoms with Crippen LogP contribution in [0, 0.1) is 5.92 Å². The van der Waals surface area contributed by atoms with Gasteiger partial charge >= 0.3 is 6.03 Å². The number of nitrogens with zero attached hydrogens (tertiary/aromatic N) is 3. The minimum atomic E-state index is -0.704. The quantitative estimate of drug-likeness (QED) is 0.662. The van der Waals surface area contributed by atoms with Crippen LogP contribution in [-0.2, 0) is 16.0 Å². The summed E-state index contributed by atoms with van der Waals surface area (Å²) in [6, 6.07) is 7.62. The van der Waals surface area contributed by atoms with Crippen LogP contribution in [0.15, 0.2) is 24.3 Å². The van der Waals surface area contributed by atoms with Crippen molar-refractivity contribution in [2.45, 2.75) is 51.5 Å². The monoisotopic (exact) mass is 441 g/mol. The molecule has 2 heterocycles. The molecule has 2 N–H and O–H groups in total. The van der Waals surface area contributed by atoms with Gasteiger partial charge in [0, 0.05) is 31.9 Å². The molecule has 8 nitrogen and oxygen atoms in total. The average Bonchev–Trinajstić information content (AvgIpc) is 3.02. The number of para-hydroxylation sites is 1. The van der Waals surface area contributed by atoms with Crippen molar-refractivity contribution in [3.63, 3.8) is 0 Å². The van der Waals surface area contributed by atoms with Gasteiger partial charge in [-0.2, -0.15) is 0 Å². The third kappa shape index (κ3) is 4.52. The summed E-state index contributed by atoms with van der Waals surface area (Å²) in [5, 5.41) is 6.05. The summed E-state index contributed by atoms with van der Waals surface area (Å²) in [6.45, 7) is 7.72. The summed E-state index contributed by atoms with van der Waals surface area (Å²) < 4.78 is 0. The van der Waals surface area contributed by atoms with E-state index in [2.05, 4.69) is 34.3 Å². The highest BCUT2D eigenvalue weighted by molar-refractivity contribution is 6.07. The number of aryl methyl sites for hydroxylation is 1. The lowest BCUT2D eigenvalue weighted by atomic mass is 9.73. The van der Waals surface area contributed by atoms with Gasteiger partial charge in [-0.05, 0) is 36.8 Å². The van der Waals surface area contributed by atoms with Gasteiger partial charge in [0.2, 0.25) is 5.91 Å². The van der Waals surface area contributed by atoms with Crippen molar-refractivity contribution < 1.29 is 14.4 Å². The lowest BCUT2D eigenvalue weighted by Gasteiger charge is -2.38. The summed E-state index contributed by atoms with van der Waals surface area (Å²) in [6.07, 6.45) is 4.68. The zero-order valence-electron chi connectivity index (χ0n) is 19.2. The first kappa shape index (κ1) is 22.7. The molecular weight excluding hydrogens is 406 g/mol. The van der Waals surface area contributed by atoms with Crippen molar-refractivity contribution in [1.82, 2.24) is 20.0 Å². The molecule has 0 aromatic heterocycles. The molecule has 2 saturated heterocycles. The molecular formula is C24H35N5O3. The van der Waals surface area contributed by atoms with Crippen molar-refractivity contribution in [3.05, 3.63) is 29.8 Å². The Hall–Kier alpha value is -2.45. The maximum Gasteiger partial charge on any atom is 0.326 e. The fourth-order valence-corrected chi connectivity index (χ4v) is 5.26. The Labute approximate surface area is 190 Å². The lowest BCUT2D eigenvalue weighted by Crippen LogP contribution is -2.55. The van der Waals surface area contributed by atoms with Gasteiger partial charge in [0.15, 0.2) is 0 Å². The van der Waals surface area contributed by atoms with E-state index in [9.17, 15) is 14.4 Å². The minimum Gasteiger partial charge on any atom is -0.325 e. The number of carbonyl (C=O) groups is 3. The number of amides is 4. The largest absolute Gasteiger partial charge is 0.326 e. The van der Waals surface area contributed by atoms with E-state index in [1.807, 2.05) is 24.3 Å². The van der Waals surface area contributed by atoms with Crippen LogP contribution in [-0.4, -0.2) is 77.5 Å². The van der Waals surface area contributed by atoms with Gasteiger partial charge in [0.1, 0.15) is 5.54 Å². The molecule has 1 saturated carbocycles. The minimum absolute atomic E-state index is 0.0123. The van der Waals surface area contributed by atoms with E-state index >= 15 is 0 Å². The second-order valence-electron chi connectivity index (χ2n) is 9.38. The van der Waals surface area contributed by atoms with Gasteiger partial charge in [-0.1, -0.05) is 44.9 Å². The molecule has 4 rings (SSSR count). The molecule has 3 fully saturated rings. The fourth-order valence-electron chi connectivity index (χ4n) is 5.26. The van der Waals surface area contributed by atoms with Gasteiger partial charge in [-0.25, -0.2) is 9.69 Å².